The molecule has 2 fully saturated rings. The molecule has 0 radical (unpaired) electrons. The average Bonchev–Trinajstić information content (AvgIpc) is 2.67. The van der Waals surface area contributed by atoms with Crippen LogP contribution in [0.3, 0.4) is 0 Å². The van der Waals surface area contributed by atoms with Gasteiger partial charge in [0.15, 0.2) is 0 Å². The minimum absolute atomic E-state index is 0.00828. The fraction of sp³-hybridized carbons (Fsp3) is 0.556. The molecule has 0 saturated carbocycles. The Morgan fingerprint density at radius 3 is 2.70 bits per heavy atom. The van der Waals surface area contributed by atoms with Crippen LogP contribution >= 0.6 is 0 Å². The molecule has 2 amide bonds. The maximum Gasteiger partial charge on any atom is 0.254 e. The first-order valence-corrected chi connectivity index (χ1v) is 10.5. The minimum Gasteiger partial charge on any atom is -0.495 e. The first-order chi connectivity index (χ1) is 12.8. The Kier molecular flexibility index (Phi) is 5.71. The molecule has 8 nitrogen and oxygen atoms in total. The van der Waals surface area contributed by atoms with Crippen molar-refractivity contribution in [3.8, 4) is 5.75 Å². The third-order valence-corrected chi connectivity index (χ3v) is 7.10. The number of piperidine rings is 1. The van der Waals surface area contributed by atoms with Gasteiger partial charge in [-0.05, 0) is 38.0 Å². The number of benzene rings is 1. The molecule has 148 valence electrons. The smallest absolute Gasteiger partial charge is 0.254 e. The van der Waals surface area contributed by atoms with Crippen LogP contribution in [0.1, 0.15) is 36.5 Å². The summed E-state index contributed by atoms with van der Waals surface area (Å²) in [5.41, 5.74) is 0.230. The van der Waals surface area contributed by atoms with Gasteiger partial charge in [0.05, 0.1) is 13.7 Å². The Balaban J connectivity index is 1.96. The molecule has 0 aromatic heterocycles. The van der Waals surface area contributed by atoms with Crippen LogP contribution in [0.4, 0.5) is 0 Å². The highest BCUT2D eigenvalue weighted by Gasteiger charge is 2.34. The summed E-state index contributed by atoms with van der Waals surface area (Å²) in [7, 11) is -2.39. The van der Waals surface area contributed by atoms with Crippen LogP contribution in [-0.2, 0) is 14.8 Å². The van der Waals surface area contributed by atoms with Crippen molar-refractivity contribution in [1.29, 1.82) is 0 Å². The van der Waals surface area contributed by atoms with Crippen LogP contribution in [0, 0.1) is 0 Å². The zero-order chi connectivity index (χ0) is 19.6. The van der Waals surface area contributed by atoms with E-state index in [-0.39, 0.29) is 40.6 Å². The Labute approximate surface area is 159 Å². The summed E-state index contributed by atoms with van der Waals surface area (Å²) in [4.78, 5) is 25.7. The molecule has 2 aliphatic heterocycles. The molecule has 1 atom stereocenters. The second kappa shape index (κ2) is 7.85. The maximum atomic E-state index is 13.2. The molecule has 3 rings (SSSR count). The highest BCUT2D eigenvalue weighted by atomic mass is 32.2. The summed E-state index contributed by atoms with van der Waals surface area (Å²) >= 11 is 0. The highest BCUT2D eigenvalue weighted by Crippen LogP contribution is 2.32. The zero-order valence-corrected chi connectivity index (χ0v) is 16.4. The molecule has 1 unspecified atom stereocenters. The molecule has 0 aliphatic carbocycles. The number of ether oxygens (including phenoxy) is 1. The fourth-order valence-electron chi connectivity index (χ4n) is 3.56. The Bertz CT molecular complexity index is 839. The van der Waals surface area contributed by atoms with Crippen molar-refractivity contribution < 1.29 is 22.7 Å². The minimum atomic E-state index is -3.79. The second-order valence-corrected chi connectivity index (χ2v) is 8.76. The lowest BCUT2D eigenvalue weighted by atomic mass is 10.1. The quantitative estimate of drug-likeness (QED) is 0.815. The third kappa shape index (κ3) is 3.93. The molecule has 1 aromatic rings. The van der Waals surface area contributed by atoms with E-state index >= 15 is 0 Å². The van der Waals surface area contributed by atoms with Crippen LogP contribution < -0.4 is 10.1 Å². The first kappa shape index (κ1) is 19.6. The number of nitrogens with zero attached hydrogens (tertiary/aromatic N) is 2. The summed E-state index contributed by atoms with van der Waals surface area (Å²) in [5, 5.41) is 2.66. The Morgan fingerprint density at radius 2 is 2.04 bits per heavy atom. The van der Waals surface area contributed by atoms with Crippen LogP contribution in [0.15, 0.2) is 23.1 Å². The van der Waals surface area contributed by atoms with Crippen LogP contribution in [0.25, 0.3) is 0 Å². The van der Waals surface area contributed by atoms with E-state index in [2.05, 4.69) is 5.32 Å². The molecule has 0 spiro atoms. The van der Waals surface area contributed by atoms with E-state index in [4.69, 9.17) is 4.74 Å². The number of carbonyl (C=O) groups excluding carboxylic acids is 2. The molecule has 2 heterocycles. The lowest BCUT2D eigenvalue weighted by Gasteiger charge is -2.32. The number of carbonyl (C=O) groups is 2. The van der Waals surface area contributed by atoms with Gasteiger partial charge < -0.3 is 15.0 Å². The van der Waals surface area contributed by atoms with E-state index in [0.29, 0.717) is 19.6 Å². The Morgan fingerprint density at radius 1 is 1.26 bits per heavy atom. The maximum absolute atomic E-state index is 13.2. The topological polar surface area (TPSA) is 96.0 Å². The van der Waals surface area contributed by atoms with Gasteiger partial charge in [-0.2, -0.15) is 4.31 Å². The van der Waals surface area contributed by atoms with Gasteiger partial charge in [-0.15, -0.1) is 0 Å². The summed E-state index contributed by atoms with van der Waals surface area (Å²) < 4.78 is 33.2. The number of methoxy groups -OCH3 is 1. The molecular weight excluding hydrogens is 370 g/mol. The number of amides is 2. The van der Waals surface area contributed by atoms with Gasteiger partial charge in [-0.1, -0.05) is 6.42 Å². The standard InChI is InChI=1S/C18H25N3O5S/c1-13-5-3-4-9-21(13)27(24,25)16-11-14(6-7-15(16)26-2)18(23)20-10-8-19-17(22)12-20/h6-7,11,13H,3-5,8-10,12H2,1-2H3,(H,19,22). The van der Waals surface area contributed by atoms with Crippen LogP contribution in [-0.4, -0.2) is 68.8 Å². The SMILES string of the molecule is COc1ccc(C(=O)N2CCNC(=O)C2)cc1S(=O)(=O)N1CCCCC1C. The normalized spacial score (nSPS) is 21.6. The number of hydrogen-bond acceptors (Lipinski definition) is 5. The molecule has 27 heavy (non-hydrogen) atoms. The van der Waals surface area contributed by atoms with Crippen molar-refractivity contribution >= 4 is 21.8 Å². The van der Waals surface area contributed by atoms with Crippen molar-refractivity contribution in [2.75, 3.05) is 33.3 Å². The summed E-state index contributed by atoms with van der Waals surface area (Å²) in [5.74, 6) is -0.380. The van der Waals surface area contributed by atoms with Gasteiger partial charge in [-0.3, -0.25) is 9.59 Å². The molecule has 1 aromatic carbocycles. The molecule has 9 heteroatoms. The van der Waals surface area contributed by atoms with Crippen molar-refractivity contribution in [3.63, 3.8) is 0 Å². The average molecular weight is 395 g/mol. The van der Waals surface area contributed by atoms with Crippen molar-refractivity contribution in [3.05, 3.63) is 23.8 Å². The number of piperazine rings is 1. The molecule has 1 N–H and O–H groups in total. The Hall–Kier alpha value is -2.13. The molecule has 2 aliphatic rings. The first-order valence-electron chi connectivity index (χ1n) is 9.10. The number of hydrogen-bond donors (Lipinski definition) is 1. The van der Waals surface area contributed by atoms with Gasteiger partial charge in [-0.25, -0.2) is 8.42 Å². The number of sulfonamides is 1. The molecule has 0 bridgehead atoms. The predicted molar refractivity (Wildman–Crippen MR) is 99.1 cm³/mol. The van der Waals surface area contributed by atoms with Crippen molar-refractivity contribution in [2.24, 2.45) is 0 Å². The fourth-order valence-corrected chi connectivity index (χ4v) is 5.44. The third-order valence-electron chi connectivity index (χ3n) is 5.06. The summed E-state index contributed by atoms with van der Waals surface area (Å²) in [6, 6.07) is 4.30. The van der Waals surface area contributed by atoms with Crippen LogP contribution in [0.5, 0.6) is 5.75 Å². The van der Waals surface area contributed by atoms with Crippen molar-refractivity contribution in [2.45, 2.75) is 37.1 Å². The van der Waals surface area contributed by atoms with Crippen molar-refractivity contribution in [1.82, 2.24) is 14.5 Å². The molecular formula is C18H25N3O5S. The van der Waals surface area contributed by atoms with Gasteiger partial charge in [0.1, 0.15) is 10.6 Å². The largest absolute Gasteiger partial charge is 0.495 e. The summed E-state index contributed by atoms with van der Waals surface area (Å²) in [6.45, 7) is 3.09. The molecule has 2 saturated heterocycles. The van der Waals surface area contributed by atoms with Gasteiger partial charge >= 0.3 is 0 Å². The lowest BCUT2D eigenvalue weighted by Crippen LogP contribution is -2.50. The lowest BCUT2D eigenvalue weighted by molar-refractivity contribution is -0.123. The summed E-state index contributed by atoms with van der Waals surface area (Å²) in [6.07, 6.45) is 2.62. The van der Waals surface area contributed by atoms with Gasteiger partial charge in [0.2, 0.25) is 15.9 Å². The number of nitrogens with one attached hydrogen (secondary N) is 1. The van der Waals surface area contributed by atoms with Gasteiger partial charge in [0, 0.05) is 31.2 Å². The van der Waals surface area contributed by atoms with E-state index in [1.807, 2.05) is 6.92 Å². The predicted octanol–water partition coefficient (Wildman–Crippen LogP) is 0.830. The van der Waals surface area contributed by atoms with E-state index < -0.39 is 10.0 Å². The zero-order valence-electron chi connectivity index (χ0n) is 15.6. The highest BCUT2D eigenvalue weighted by molar-refractivity contribution is 7.89. The van der Waals surface area contributed by atoms with E-state index in [1.54, 1.807) is 0 Å². The second-order valence-electron chi connectivity index (χ2n) is 6.90. The van der Waals surface area contributed by atoms with Crippen LogP contribution in [0.2, 0.25) is 0 Å². The van der Waals surface area contributed by atoms with Gasteiger partial charge in [0.25, 0.3) is 5.91 Å². The van der Waals surface area contributed by atoms with E-state index in [9.17, 15) is 18.0 Å². The monoisotopic (exact) mass is 395 g/mol. The van der Waals surface area contributed by atoms with E-state index in [0.717, 1.165) is 19.3 Å². The van der Waals surface area contributed by atoms with E-state index in [1.165, 1.54) is 34.5 Å². The number of rotatable bonds is 4.